The SMILES string of the molecule is C=C/N=C/C=C(Br)\C=C\C(=O)OC. The molecule has 3 nitrogen and oxygen atoms in total. The molecule has 0 aromatic heterocycles. The van der Waals surface area contributed by atoms with E-state index < -0.39 is 5.97 Å². The third-order valence-corrected chi connectivity index (χ3v) is 1.53. The summed E-state index contributed by atoms with van der Waals surface area (Å²) >= 11 is 3.21. The topological polar surface area (TPSA) is 38.7 Å². The van der Waals surface area contributed by atoms with Crippen molar-refractivity contribution in [1.82, 2.24) is 0 Å². The normalized spacial score (nSPS) is 12.3. The minimum atomic E-state index is -0.397. The number of carbonyl (C=O) groups excluding carboxylic acids is 1. The molecular weight excluding hydrogens is 234 g/mol. The highest BCUT2D eigenvalue weighted by Gasteiger charge is 1.89. The van der Waals surface area contributed by atoms with Crippen LogP contribution in [-0.4, -0.2) is 19.3 Å². The van der Waals surface area contributed by atoms with Gasteiger partial charge in [0.1, 0.15) is 0 Å². The van der Waals surface area contributed by atoms with Crippen LogP contribution in [0.15, 0.2) is 40.5 Å². The molecule has 0 saturated heterocycles. The summed E-state index contributed by atoms with van der Waals surface area (Å²) in [6.45, 7) is 3.41. The first kappa shape index (κ1) is 11.8. The summed E-state index contributed by atoms with van der Waals surface area (Å²) in [7, 11) is 1.32. The van der Waals surface area contributed by atoms with Gasteiger partial charge in [-0.3, -0.25) is 4.99 Å². The second-order valence-electron chi connectivity index (χ2n) is 1.89. The number of rotatable bonds is 4. The molecule has 0 saturated carbocycles. The van der Waals surface area contributed by atoms with Gasteiger partial charge in [0.2, 0.25) is 0 Å². The van der Waals surface area contributed by atoms with Gasteiger partial charge in [-0.05, 0) is 12.2 Å². The smallest absolute Gasteiger partial charge is 0.330 e. The molecular formula is C9H10BrNO2. The second kappa shape index (κ2) is 7.49. The molecule has 0 rings (SSSR count). The molecule has 0 radical (unpaired) electrons. The molecule has 0 aliphatic carbocycles. The van der Waals surface area contributed by atoms with E-state index >= 15 is 0 Å². The Labute approximate surface area is 85.6 Å². The van der Waals surface area contributed by atoms with Gasteiger partial charge in [0.25, 0.3) is 0 Å². The maximum atomic E-state index is 10.6. The van der Waals surface area contributed by atoms with E-state index in [0.29, 0.717) is 0 Å². The van der Waals surface area contributed by atoms with E-state index in [1.54, 1.807) is 18.4 Å². The Morgan fingerprint density at radius 1 is 1.54 bits per heavy atom. The molecule has 0 aliphatic rings. The molecule has 0 N–H and O–H groups in total. The molecule has 0 atom stereocenters. The highest BCUT2D eigenvalue weighted by atomic mass is 79.9. The Hall–Kier alpha value is -1.16. The minimum absolute atomic E-state index is 0.397. The highest BCUT2D eigenvalue weighted by molar-refractivity contribution is 9.11. The second-order valence-corrected chi connectivity index (χ2v) is 2.80. The van der Waals surface area contributed by atoms with Crippen LogP contribution in [0.2, 0.25) is 0 Å². The molecule has 0 unspecified atom stereocenters. The predicted octanol–water partition coefficient (Wildman–Crippen LogP) is 2.21. The number of halogens is 1. The zero-order valence-electron chi connectivity index (χ0n) is 7.24. The van der Waals surface area contributed by atoms with Gasteiger partial charge in [0.05, 0.1) is 7.11 Å². The molecule has 0 fully saturated rings. The summed E-state index contributed by atoms with van der Waals surface area (Å²) in [6.07, 6.45) is 7.53. The van der Waals surface area contributed by atoms with Gasteiger partial charge in [0.15, 0.2) is 0 Å². The molecule has 4 heteroatoms. The average molecular weight is 244 g/mol. The first-order valence-corrected chi connectivity index (χ1v) is 4.26. The third kappa shape index (κ3) is 7.21. The van der Waals surface area contributed by atoms with Gasteiger partial charge in [-0.2, -0.15) is 0 Å². The summed E-state index contributed by atoms with van der Waals surface area (Å²) in [5.41, 5.74) is 0. The van der Waals surface area contributed by atoms with E-state index in [4.69, 9.17) is 0 Å². The molecule has 0 aromatic rings. The van der Waals surface area contributed by atoms with Crippen LogP contribution in [0.1, 0.15) is 0 Å². The van der Waals surface area contributed by atoms with Crippen LogP contribution in [0, 0.1) is 0 Å². The average Bonchev–Trinajstić information content (AvgIpc) is 2.14. The molecule has 0 amide bonds. The van der Waals surface area contributed by atoms with Gasteiger partial charge in [0, 0.05) is 23.0 Å². The summed E-state index contributed by atoms with van der Waals surface area (Å²) in [6, 6.07) is 0. The number of hydrogen-bond donors (Lipinski definition) is 0. The summed E-state index contributed by atoms with van der Waals surface area (Å²) in [4.78, 5) is 14.4. The summed E-state index contributed by atoms with van der Waals surface area (Å²) < 4.78 is 5.13. The van der Waals surface area contributed by atoms with Crippen molar-refractivity contribution in [2.75, 3.05) is 7.11 Å². The number of nitrogens with zero attached hydrogens (tertiary/aromatic N) is 1. The van der Waals surface area contributed by atoms with Crippen molar-refractivity contribution in [3.8, 4) is 0 Å². The standard InChI is InChI=1S/C9H10BrNO2/c1-3-11-7-6-8(10)4-5-9(12)13-2/h3-7H,1H2,2H3/b5-4+,8-6+,11-7+. The maximum Gasteiger partial charge on any atom is 0.330 e. The van der Waals surface area contributed by atoms with Crippen molar-refractivity contribution in [3.63, 3.8) is 0 Å². The van der Waals surface area contributed by atoms with E-state index in [9.17, 15) is 4.79 Å². The third-order valence-electron chi connectivity index (χ3n) is 1.01. The van der Waals surface area contributed by atoms with E-state index in [-0.39, 0.29) is 0 Å². The van der Waals surface area contributed by atoms with Crippen molar-refractivity contribution >= 4 is 28.1 Å². The van der Waals surface area contributed by atoms with E-state index in [0.717, 1.165) is 4.48 Å². The molecule has 0 spiro atoms. The molecule has 0 aliphatic heterocycles. The Morgan fingerprint density at radius 2 is 2.23 bits per heavy atom. The summed E-state index contributed by atoms with van der Waals surface area (Å²) in [5, 5.41) is 0. The lowest BCUT2D eigenvalue weighted by molar-refractivity contribution is -0.134. The van der Waals surface area contributed by atoms with Gasteiger partial charge in [-0.25, -0.2) is 4.79 Å². The van der Waals surface area contributed by atoms with Crippen LogP contribution >= 0.6 is 15.9 Å². The van der Waals surface area contributed by atoms with E-state index in [1.807, 2.05) is 0 Å². The van der Waals surface area contributed by atoms with Crippen molar-refractivity contribution < 1.29 is 9.53 Å². The first-order chi connectivity index (χ1) is 6.20. The number of methoxy groups -OCH3 is 1. The van der Waals surface area contributed by atoms with Crippen molar-refractivity contribution in [2.45, 2.75) is 0 Å². The first-order valence-electron chi connectivity index (χ1n) is 3.46. The maximum absolute atomic E-state index is 10.6. The van der Waals surface area contributed by atoms with Gasteiger partial charge < -0.3 is 4.74 Å². The monoisotopic (exact) mass is 243 g/mol. The largest absolute Gasteiger partial charge is 0.466 e. The highest BCUT2D eigenvalue weighted by Crippen LogP contribution is 2.04. The van der Waals surface area contributed by atoms with Crippen molar-refractivity contribution in [2.24, 2.45) is 4.99 Å². The molecule has 0 bridgehead atoms. The quantitative estimate of drug-likeness (QED) is 0.329. The fourth-order valence-electron chi connectivity index (χ4n) is 0.446. The fraction of sp³-hybridized carbons (Fsp3) is 0.111. The number of ether oxygens (including phenoxy) is 1. The van der Waals surface area contributed by atoms with Gasteiger partial charge in [-0.15, -0.1) is 0 Å². The van der Waals surface area contributed by atoms with Crippen molar-refractivity contribution in [1.29, 1.82) is 0 Å². The predicted molar refractivity (Wildman–Crippen MR) is 56.9 cm³/mol. The number of carbonyl (C=O) groups is 1. The lowest BCUT2D eigenvalue weighted by atomic mass is 10.4. The van der Waals surface area contributed by atoms with Gasteiger partial charge in [-0.1, -0.05) is 22.5 Å². The number of allylic oxidation sites excluding steroid dienone is 3. The number of esters is 1. The van der Waals surface area contributed by atoms with E-state index in [2.05, 4.69) is 32.2 Å². The Morgan fingerprint density at radius 3 is 2.77 bits per heavy atom. The van der Waals surface area contributed by atoms with Crippen LogP contribution in [0.3, 0.4) is 0 Å². The Kier molecular flexibility index (Phi) is 6.82. The Balaban J connectivity index is 4.12. The zero-order chi connectivity index (χ0) is 10.1. The van der Waals surface area contributed by atoms with Crippen LogP contribution in [-0.2, 0) is 9.53 Å². The lowest BCUT2D eigenvalue weighted by Gasteiger charge is -1.88. The molecule has 0 aromatic carbocycles. The Bertz CT molecular complexity index is 267. The molecule has 0 heterocycles. The fourth-order valence-corrected chi connectivity index (χ4v) is 0.697. The van der Waals surface area contributed by atoms with Gasteiger partial charge >= 0.3 is 5.97 Å². The molecule has 13 heavy (non-hydrogen) atoms. The van der Waals surface area contributed by atoms with Crippen molar-refractivity contribution in [3.05, 3.63) is 35.5 Å². The van der Waals surface area contributed by atoms with Crippen LogP contribution in [0.25, 0.3) is 0 Å². The minimum Gasteiger partial charge on any atom is -0.466 e. The lowest BCUT2D eigenvalue weighted by Crippen LogP contribution is -1.93. The van der Waals surface area contributed by atoms with E-state index in [1.165, 1.54) is 19.4 Å². The number of aliphatic imine (C=N–C) groups is 1. The molecule has 70 valence electrons. The van der Waals surface area contributed by atoms with Crippen LogP contribution in [0.5, 0.6) is 0 Å². The van der Waals surface area contributed by atoms with Crippen LogP contribution in [0.4, 0.5) is 0 Å². The van der Waals surface area contributed by atoms with Crippen LogP contribution < -0.4 is 0 Å². The zero-order valence-corrected chi connectivity index (χ0v) is 8.82. The summed E-state index contributed by atoms with van der Waals surface area (Å²) in [5.74, 6) is -0.397. The number of hydrogen-bond acceptors (Lipinski definition) is 3.